The first-order valence-electron chi connectivity index (χ1n) is 14.9. The van der Waals surface area contributed by atoms with Gasteiger partial charge in [0.2, 0.25) is 5.95 Å². The Morgan fingerprint density at radius 2 is 1.83 bits per heavy atom. The average molecular weight is 634 g/mol. The van der Waals surface area contributed by atoms with Gasteiger partial charge < -0.3 is 26.2 Å². The van der Waals surface area contributed by atoms with Crippen LogP contribution < -0.4 is 21.3 Å². The maximum atomic E-state index is 14.4. The molecule has 4 aromatic rings. The molecule has 2 heterocycles. The van der Waals surface area contributed by atoms with Gasteiger partial charge in [-0.15, -0.1) is 0 Å². The van der Waals surface area contributed by atoms with E-state index in [1.165, 1.54) is 24.7 Å². The molecule has 12 heteroatoms. The fourth-order valence-corrected chi connectivity index (χ4v) is 5.42. The van der Waals surface area contributed by atoms with Crippen LogP contribution in [0, 0.1) is 5.82 Å². The Morgan fingerprint density at radius 3 is 2.57 bits per heavy atom. The lowest BCUT2D eigenvalue weighted by atomic mass is 9.90. The van der Waals surface area contributed by atoms with E-state index in [9.17, 15) is 22.4 Å². The number of halogens is 4. The number of nitrogens with one attached hydrogen (secondary N) is 4. The Bertz CT molecular complexity index is 1690. The van der Waals surface area contributed by atoms with Gasteiger partial charge in [0.25, 0.3) is 5.91 Å². The number of amides is 1. The van der Waals surface area contributed by atoms with Crippen LogP contribution in [0.4, 0.5) is 46.4 Å². The van der Waals surface area contributed by atoms with E-state index in [0.717, 1.165) is 43.2 Å². The number of hydrogen-bond acceptors (Lipinski definition) is 7. The summed E-state index contributed by atoms with van der Waals surface area (Å²) in [4.78, 5) is 22.5. The average Bonchev–Trinajstić information content (AvgIpc) is 3.04. The topological polar surface area (TPSA) is 94.2 Å². The highest BCUT2D eigenvalue weighted by Gasteiger charge is 2.36. The summed E-state index contributed by atoms with van der Waals surface area (Å²) in [6.45, 7) is 4.70. The summed E-state index contributed by atoms with van der Waals surface area (Å²) >= 11 is 0. The zero-order valence-electron chi connectivity index (χ0n) is 25.5. The lowest BCUT2D eigenvalue weighted by Gasteiger charge is -2.32. The molecule has 5 rings (SSSR count). The van der Waals surface area contributed by atoms with Crippen LogP contribution >= 0.6 is 0 Å². The van der Waals surface area contributed by atoms with Crippen molar-refractivity contribution in [1.82, 2.24) is 20.2 Å². The van der Waals surface area contributed by atoms with Gasteiger partial charge in [0.1, 0.15) is 17.2 Å². The molecule has 0 bridgehead atoms. The van der Waals surface area contributed by atoms with E-state index in [0.29, 0.717) is 24.3 Å². The van der Waals surface area contributed by atoms with E-state index < -0.39 is 34.8 Å². The summed E-state index contributed by atoms with van der Waals surface area (Å²) < 4.78 is 55.9. The van der Waals surface area contributed by atoms with Crippen molar-refractivity contribution in [2.24, 2.45) is 0 Å². The van der Waals surface area contributed by atoms with Crippen molar-refractivity contribution in [2.75, 3.05) is 36.1 Å². The molecule has 0 saturated carbocycles. The molecule has 1 aromatic heterocycles. The quantitative estimate of drug-likeness (QED) is 0.132. The number of piperidine rings is 1. The van der Waals surface area contributed by atoms with E-state index in [2.05, 4.69) is 66.6 Å². The van der Waals surface area contributed by atoms with Gasteiger partial charge in [-0.05, 0) is 73.5 Å². The number of hydrogen-bond donors (Lipinski definition) is 4. The maximum absolute atomic E-state index is 14.4. The number of nitrogens with zero attached hydrogens (tertiary/aromatic N) is 3. The number of likely N-dealkylation sites (tertiary alicyclic amines) is 1. The maximum Gasteiger partial charge on any atom is 0.421 e. The van der Waals surface area contributed by atoms with Crippen LogP contribution in [0.3, 0.4) is 0 Å². The van der Waals surface area contributed by atoms with Crippen LogP contribution in [0.25, 0.3) is 0 Å². The molecule has 3 aromatic carbocycles. The summed E-state index contributed by atoms with van der Waals surface area (Å²) in [5.74, 6) is -1.97. The van der Waals surface area contributed by atoms with Gasteiger partial charge in [-0.1, -0.05) is 36.4 Å². The Morgan fingerprint density at radius 1 is 1.04 bits per heavy atom. The second-order valence-electron chi connectivity index (χ2n) is 10.9. The SMILES string of the molecule is CC=CN1CCCC(c2cccc(NCc3ccc(Nc4ncc(C(F)(F)F)c(Nc5cccc(F)c5C(=O)NC)n4)cc3)c2)C1. The zero-order valence-corrected chi connectivity index (χ0v) is 25.5. The fraction of sp³-hybridized carbons (Fsp3) is 0.265. The molecule has 1 unspecified atom stereocenters. The standard InChI is InChI=1S/C34H35F4N7O/c1-3-16-45-17-6-8-24(21-45)23-7-4-9-26(18-23)40-19-22-12-14-25(15-13-22)42-33-41-20-27(34(36,37)38)31(44-33)43-29-11-5-10-28(35)30(29)32(46)39-2/h3-5,7,9-16,18,20,24,40H,6,8,17,19,21H2,1-2H3,(H,39,46)(H2,41,42,43,44). The number of carbonyl (C=O) groups is 1. The van der Waals surface area contributed by atoms with E-state index in [4.69, 9.17) is 0 Å². The van der Waals surface area contributed by atoms with Gasteiger partial charge in [-0.3, -0.25) is 4.79 Å². The van der Waals surface area contributed by atoms with Gasteiger partial charge >= 0.3 is 6.18 Å². The smallest absolute Gasteiger partial charge is 0.381 e. The molecule has 1 fully saturated rings. The Kier molecular flexibility index (Phi) is 10.0. The minimum Gasteiger partial charge on any atom is -0.381 e. The molecule has 1 saturated heterocycles. The Balaban J connectivity index is 1.27. The van der Waals surface area contributed by atoms with Gasteiger partial charge in [-0.25, -0.2) is 9.37 Å². The first-order valence-corrected chi connectivity index (χ1v) is 14.9. The van der Waals surface area contributed by atoms with E-state index in [-0.39, 0.29) is 11.6 Å². The van der Waals surface area contributed by atoms with Crippen LogP contribution in [0.2, 0.25) is 0 Å². The van der Waals surface area contributed by atoms with Crippen molar-refractivity contribution >= 4 is 34.7 Å². The number of alkyl halides is 3. The minimum absolute atomic E-state index is 0.119. The molecule has 0 aliphatic carbocycles. The summed E-state index contributed by atoms with van der Waals surface area (Å²) in [5, 5.41) is 11.2. The predicted molar refractivity (Wildman–Crippen MR) is 172 cm³/mol. The highest BCUT2D eigenvalue weighted by molar-refractivity contribution is 6.00. The largest absolute Gasteiger partial charge is 0.421 e. The molecule has 4 N–H and O–H groups in total. The van der Waals surface area contributed by atoms with Crippen molar-refractivity contribution in [2.45, 2.75) is 38.4 Å². The monoisotopic (exact) mass is 633 g/mol. The second kappa shape index (κ2) is 14.3. The highest BCUT2D eigenvalue weighted by atomic mass is 19.4. The van der Waals surface area contributed by atoms with Crippen LogP contribution in [-0.2, 0) is 12.7 Å². The zero-order chi connectivity index (χ0) is 32.7. The number of aromatic nitrogens is 2. The second-order valence-corrected chi connectivity index (χ2v) is 10.9. The molecule has 8 nitrogen and oxygen atoms in total. The minimum atomic E-state index is -4.81. The number of benzene rings is 3. The molecule has 0 spiro atoms. The Labute approximate surface area is 265 Å². The normalized spacial score (nSPS) is 15.1. The molecular formula is C34H35F4N7O. The van der Waals surface area contributed by atoms with Crippen molar-refractivity contribution < 1.29 is 22.4 Å². The predicted octanol–water partition coefficient (Wildman–Crippen LogP) is 7.81. The molecule has 240 valence electrons. The van der Waals surface area contributed by atoms with Gasteiger partial charge in [0.05, 0.1) is 11.3 Å². The lowest BCUT2D eigenvalue weighted by molar-refractivity contribution is -0.137. The first-order chi connectivity index (χ1) is 22.1. The molecule has 1 aliphatic rings. The first kappa shape index (κ1) is 32.3. The van der Waals surface area contributed by atoms with E-state index in [1.807, 2.05) is 25.1 Å². The Hall–Kier alpha value is -5.13. The van der Waals surface area contributed by atoms with Crippen molar-refractivity contribution in [3.63, 3.8) is 0 Å². The molecular weight excluding hydrogens is 598 g/mol. The van der Waals surface area contributed by atoms with Crippen LogP contribution in [-0.4, -0.2) is 40.9 Å². The number of rotatable bonds is 10. The summed E-state index contributed by atoms with van der Waals surface area (Å²) in [5.41, 5.74) is 2.10. The summed E-state index contributed by atoms with van der Waals surface area (Å²) in [6.07, 6.45) is 2.38. The van der Waals surface area contributed by atoms with Crippen molar-refractivity contribution in [3.8, 4) is 0 Å². The van der Waals surface area contributed by atoms with Crippen molar-refractivity contribution in [1.29, 1.82) is 0 Å². The van der Waals surface area contributed by atoms with Crippen molar-refractivity contribution in [3.05, 3.63) is 113 Å². The number of carbonyl (C=O) groups excluding carboxylic acids is 1. The molecule has 0 radical (unpaired) electrons. The van der Waals surface area contributed by atoms with Crippen LogP contribution in [0.5, 0.6) is 0 Å². The lowest BCUT2D eigenvalue weighted by Crippen LogP contribution is -2.30. The third-order valence-corrected chi connectivity index (χ3v) is 7.69. The third kappa shape index (κ3) is 7.92. The van der Waals surface area contributed by atoms with Gasteiger partial charge in [0.15, 0.2) is 0 Å². The molecule has 1 amide bonds. The fourth-order valence-electron chi connectivity index (χ4n) is 5.42. The number of allylic oxidation sites excluding steroid dienone is 1. The number of anilines is 5. The summed E-state index contributed by atoms with van der Waals surface area (Å²) in [6, 6.07) is 19.4. The third-order valence-electron chi connectivity index (χ3n) is 7.69. The van der Waals surface area contributed by atoms with Gasteiger partial charge in [-0.2, -0.15) is 18.2 Å². The van der Waals surface area contributed by atoms with E-state index in [1.54, 1.807) is 12.1 Å². The highest BCUT2D eigenvalue weighted by Crippen LogP contribution is 2.36. The molecule has 1 atom stereocenters. The van der Waals surface area contributed by atoms with Crippen LogP contribution in [0.15, 0.2) is 85.2 Å². The van der Waals surface area contributed by atoms with Gasteiger partial charge in [0, 0.05) is 50.2 Å². The van der Waals surface area contributed by atoms with Crippen LogP contribution in [0.1, 0.15) is 52.7 Å². The molecule has 1 aliphatic heterocycles. The van der Waals surface area contributed by atoms with E-state index >= 15 is 0 Å². The summed E-state index contributed by atoms with van der Waals surface area (Å²) in [7, 11) is 1.29. The molecule has 46 heavy (non-hydrogen) atoms.